The Labute approximate surface area is 172 Å². The van der Waals surface area contributed by atoms with Gasteiger partial charge in [-0.15, -0.1) is 0 Å². The third-order valence-electron chi connectivity index (χ3n) is 4.84. The molecule has 0 amide bonds. The molecule has 0 saturated carbocycles. The topological polar surface area (TPSA) is 57.6 Å². The molecular formula is C20H20BrN3O2S. The van der Waals surface area contributed by atoms with Crippen LogP contribution in [0, 0.1) is 5.41 Å². The Hall–Kier alpha value is -2.12. The highest BCUT2D eigenvalue weighted by Crippen LogP contribution is 2.41. The number of ether oxygens (including phenoxy) is 2. The van der Waals surface area contributed by atoms with Crippen LogP contribution in [0.5, 0.6) is 11.5 Å². The van der Waals surface area contributed by atoms with Crippen molar-refractivity contribution < 1.29 is 9.47 Å². The Morgan fingerprint density at radius 1 is 1.15 bits per heavy atom. The molecule has 0 radical (unpaired) electrons. The number of fused-ring (bicyclic) bond motifs is 1. The van der Waals surface area contributed by atoms with Crippen LogP contribution in [0.4, 0.5) is 0 Å². The van der Waals surface area contributed by atoms with E-state index in [-0.39, 0.29) is 0 Å². The van der Waals surface area contributed by atoms with Crippen LogP contribution in [0.1, 0.15) is 24.5 Å². The molecule has 2 heterocycles. The van der Waals surface area contributed by atoms with Crippen molar-refractivity contribution in [2.24, 2.45) is 0 Å². The van der Waals surface area contributed by atoms with Crippen molar-refractivity contribution in [3.63, 3.8) is 0 Å². The van der Waals surface area contributed by atoms with E-state index in [0.29, 0.717) is 36.5 Å². The quantitative estimate of drug-likeness (QED) is 0.695. The van der Waals surface area contributed by atoms with Gasteiger partial charge >= 0.3 is 0 Å². The van der Waals surface area contributed by atoms with Crippen molar-refractivity contribution in [3.05, 3.63) is 58.1 Å². The molecule has 1 atom stereocenters. The lowest BCUT2D eigenvalue weighted by Crippen LogP contribution is -2.45. The first-order chi connectivity index (χ1) is 13.1. The van der Waals surface area contributed by atoms with Crippen molar-refractivity contribution >= 4 is 39.1 Å². The molecule has 2 aromatic rings. The molecule has 0 aliphatic carbocycles. The number of hydrogen-bond acceptors (Lipinski definition) is 4. The van der Waals surface area contributed by atoms with Crippen LogP contribution in [-0.4, -0.2) is 35.6 Å². The van der Waals surface area contributed by atoms with Gasteiger partial charge in [0.2, 0.25) is 0 Å². The zero-order chi connectivity index (χ0) is 19.0. The number of rotatable bonds is 4. The summed E-state index contributed by atoms with van der Waals surface area (Å²) in [5.41, 5.74) is 0.974. The van der Waals surface area contributed by atoms with E-state index in [4.69, 9.17) is 27.1 Å². The molecule has 5 nitrogen and oxygen atoms in total. The van der Waals surface area contributed by atoms with E-state index in [1.807, 2.05) is 47.4 Å². The fourth-order valence-corrected chi connectivity index (χ4v) is 4.35. The summed E-state index contributed by atoms with van der Waals surface area (Å²) in [7, 11) is 0. The highest BCUT2D eigenvalue weighted by molar-refractivity contribution is 9.10. The Morgan fingerprint density at radius 3 is 2.63 bits per heavy atom. The molecule has 7 heteroatoms. The minimum Gasteiger partial charge on any atom is -0.486 e. The minimum absolute atomic E-state index is 0.420. The summed E-state index contributed by atoms with van der Waals surface area (Å²) in [4.78, 5) is 1.87. The molecule has 0 bridgehead atoms. The van der Waals surface area contributed by atoms with Gasteiger partial charge in [0.1, 0.15) is 24.6 Å². The van der Waals surface area contributed by atoms with Gasteiger partial charge in [0, 0.05) is 11.0 Å². The Balaban J connectivity index is 1.90. The summed E-state index contributed by atoms with van der Waals surface area (Å²) < 4.78 is 12.4. The molecule has 0 aromatic heterocycles. The third-order valence-corrected chi connectivity index (χ3v) is 5.66. The van der Waals surface area contributed by atoms with Crippen LogP contribution in [-0.2, 0) is 5.54 Å². The van der Waals surface area contributed by atoms with Crippen molar-refractivity contribution in [1.82, 2.24) is 10.2 Å². The van der Waals surface area contributed by atoms with E-state index in [1.165, 1.54) is 0 Å². The summed E-state index contributed by atoms with van der Waals surface area (Å²) >= 11 is 9.15. The number of hydrogen-bond donors (Lipinski definition) is 2. The smallest absolute Gasteiger partial charge is 0.175 e. The normalized spacial score (nSPS) is 21.3. The summed E-state index contributed by atoms with van der Waals surface area (Å²) in [6.45, 7) is 3.85. The molecule has 0 spiro atoms. The average Bonchev–Trinajstić information content (AvgIpc) is 2.93. The first-order valence-electron chi connectivity index (χ1n) is 8.91. The first-order valence-corrected chi connectivity index (χ1v) is 10.1. The van der Waals surface area contributed by atoms with Crippen molar-refractivity contribution in [2.45, 2.75) is 18.9 Å². The largest absolute Gasteiger partial charge is 0.486 e. The molecule has 140 valence electrons. The van der Waals surface area contributed by atoms with Gasteiger partial charge in [0.15, 0.2) is 16.6 Å². The van der Waals surface area contributed by atoms with Gasteiger partial charge in [0.25, 0.3) is 0 Å². The van der Waals surface area contributed by atoms with E-state index >= 15 is 0 Å². The second-order valence-electron chi connectivity index (χ2n) is 6.55. The second-order valence-corrected chi connectivity index (χ2v) is 7.85. The predicted molar refractivity (Wildman–Crippen MR) is 113 cm³/mol. The average molecular weight is 446 g/mol. The maximum absolute atomic E-state index is 9.02. The molecule has 4 rings (SSSR count). The Morgan fingerprint density at radius 2 is 1.89 bits per heavy atom. The molecule has 2 N–H and O–H groups in total. The molecule has 1 fully saturated rings. The standard InChI is InChI=1S/C20H20BrN3O2S/c1-2-8-24-18(22)20(23-19(24)27,13-4-3-5-15(21)11-13)14-6-7-16-17(12-14)26-10-9-25-16/h3-7,11-12,22H,2,8-10H2,1H3,(H,23,27). The summed E-state index contributed by atoms with van der Waals surface area (Å²) in [6.07, 6.45) is 0.903. The lowest BCUT2D eigenvalue weighted by molar-refractivity contribution is 0.171. The molecule has 2 aliphatic heterocycles. The highest BCUT2D eigenvalue weighted by atomic mass is 79.9. The monoisotopic (exact) mass is 445 g/mol. The highest BCUT2D eigenvalue weighted by Gasteiger charge is 2.49. The maximum atomic E-state index is 9.02. The lowest BCUT2D eigenvalue weighted by atomic mass is 9.82. The number of nitrogens with zero attached hydrogens (tertiary/aromatic N) is 1. The van der Waals surface area contributed by atoms with Crippen LogP contribution < -0.4 is 14.8 Å². The molecule has 1 unspecified atom stereocenters. The van der Waals surface area contributed by atoms with Gasteiger partial charge in [-0.2, -0.15) is 0 Å². The maximum Gasteiger partial charge on any atom is 0.175 e. The lowest BCUT2D eigenvalue weighted by Gasteiger charge is -2.32. The molecular weight excluding hydrogens is 426 g/mol. The fourth-order valence-electron chi connectivity index (χ4n) is 3.61. The van der Waals surface area contributed by atoms with E-state index in [1.54, 1.807) is 0 Å². The number of benzene rings is 2. The zero-order valence-electron chi connectivity index (χ0n) is 14.9. The number of nitrogens with one attached hydrogen (secondary N) is 2. The molecule has 1 saturated heterocycles. The first kappa shape index (κ1) is 18.3. The van der Waals surface area contributed by atoms with E-state index in [0.717, 1.165) is 27.8 Å². The number of halogens is 1. The van der Waals surface area contributed by atoms with Crippen LogP contribution >= 0.6 is 28.1 Å². The zero-order valence-corrected chi connectivity index (χ0v) is 17.3. The predicted octanol–water partition coefficient (Wildman–Crippen LogP) is 4.04. The van der Waals surface area contributed by atoms with E-state index in [9.17, 15) is 0 Å². The van der Waals surface area contributed by atoms with Gasteiger partial charge in [-0.1, -0.05) is 41.1 Å². The fraction of sp³-hybridized carbons (Fsp3) is 0.300. The summed E-state index contributed by atoms with van der Waals surface area (Å²) in [6, 6.07) is 13.8. The van der Waals surface area contributed by atoms with Gasteiger partial charge in [-0.25, -0.2) is 0 Å². The third kappa shape index (κ3) is 2.99. The van der Waals surface area contributed by atoms with Crippen molar-refractivity contribution in [2.75, 3.05) is 19.8 Å². The summed E-state index contributed by atoms with van der Waals surface area (Å²) in [5.74, 6) is 1.85. The second kappa shape index (κ2) is 7.13. The van der Waals surface area contributed by atoms with Gasteiger partial charge in [-0.05, 0) is 54.0 Å². The van der Waals surface area contributed by atoms with E-state index in [2.05, 4.69) is 28.2 Å². The molecule has 2 aromatic carbocycles. The van der Waals surface area contributed by atoms with Crippen LogP contribution in [0.2, 0.25) is 0 Å². The molecule has 2 aliphatic rings. The Bertz CT molecular complexity index is 920. The van der Waals surface area contributed by atoms with Gasteiger partial charge in [-0.3, -0.25) is 5.41 Å². The summed E-state index contributed by atoms with van der Waals surface area (Å²) in [5, 5.41) is 13.0. The van der Waals surface area contributed by atoms with E-state index < -0.39 is 5.54 Å². The van der Waals surface area contributed by atoms with Gasteiger partial charge in [0.05, 0.1) is 0 Å². The molecule has 27 heavy (non-hydrogen) atoms. The number of amidine groups is 1. The van der Waals surface area contributed by atoms with Crippen molar-refractivity contribution in [3.8, 4) is 11.5 Å². The minimum atomic E-state index is -0.869. The Kier molecular flexibility index (Phi) is 4.82. The van der Waals surface area contributed by atoms with Crippen molar-refractivity contribution in [1.29, 1.82) is 5.41 Å². The van der Waals surface area contributed by atoms with Crippen LogP contribution in [0.3, 0.4) is 0 Å². The number of thiocarbonyl (C=S) groups is 1. The van der Waals surface area contributed by atoms with Crippen LogP contribution in [0.15, 0.2) is 46.9 Å². The van der Waals surface area contributed by atoms with Gasteiger partial charge < -0.3 is 19.7 Å². The SMILES string of the molecule is CCCN1C(=N)C(c2cccc(Br)c2)(c2ccc3c(c2)OCCO3)NC1=S. The van der Waals surface area contributed by atoms with Crippen LogP contribution in [0.25, 0.3) is 0 Å².